The fourth-order valence-corrected chi connectivity index (χ4v) is 2.13. The molecule has 1 aromatic carbocycles. The summed E-state index contributed by atoms with van der Waals surface area (Å²) in [5.74, 6) is -0.985. The Morgan fingerprint density at radius 1 is 1.32 bits per heavy atom. The number of hydrogen-bond donors (Lipinski definition) is 1. The Labute approximate surface area is 112 Å². The number of hydrogen-bond acceptors (Lipinski definition) is 2. The smallest absolute Gasteiger partial charge is 0.356 e. The van der Waals surface area contributed by atoms with E-state index >= 15 is 0 Å². The molecule has 1 heterocycles. The zero-order valence-corrected chi connectivity index (χ0v) is 11.5. The number of aromatic carboxylic acids is 1. The summed E-state index contributed by atoms with van der Waals surface area (Å²) in [4.78, 5) is 11.1. The molecule has 2 aromatic rings. The number of carboxylic acids is 1. The first-order chi connectivity index (χ1) is 9.02. The van der Waals surface area contributed by atoms with Crippen LogP contribution in [0.5, 0.6) is 0 Å². The molecule has 1 N–H and O–H groups in total. The third kappa shape index (κ3) is 2.67. The Balaban J connectivity index is 2.59. The number of aromatic nitrogens is 2. The zero-order valence-electron chi connectivity index (χ0n) is 11.5. The van der Waals surface area contributed by atoms with E-state index in [9.17, 15) is 4.79 Å². The van der Waals surface area contributed by atoms with Crippen molar-refractivity contribution in [2.75, 3.05) is 0 Å². The van der Waals surface area contributed by atoms with Crippen LogP contribution < -0.4 is 0 Å². The van der Waals surface area contributed by atoms with Gasteiger partial charge in [0.1, 0.15) is 0 Å². The van der Waals surface area contributed by atoms with E-state index in [1.807, 2.05) is 19.9 Å². The molecule has 0 unspecified atom stereocenters. The lowest BCUT2D eigenvalue weighted by atomic mass is 10.0. The first kappa shape index (κ1) is 13.3. The monoisotopic (exact) mass is 258 g/mol. The quantitative estimate of drug-likeness (QED) is 0.915. The molecular weight excluding hydrogens is 240 g/mol. The fourth-order valence-electron chi connectivity index (χ4n) is 2.13. The van der Waals surface area contributed by atoms with Crippen molar-refractivity contribution in [2.45, 2.75) is 33.7 Å². The van der Waals surface area contributed by atoms with E-state index < -0.39 is 5.97 Å². The van der Waals surface area contributed by atoms with E-state index in [-0.39, 0.29) is 5.69 Å². The predicted octanol–water partition coefficient (Wildman–Crippen LogP) is 3.28. The van der Waals surface area contributed by atoms with Crippen LogP contribution in [0.4, 0.5) is 0 Å². The van der Waals surface area contributed by atoms with Crippen LogP contribution in [0.1, 0.15) is 35.0 Å². The number of aryl methyl sites for hydroxylation is 3. The second-order valence-corrected chi connectivity index (χ2v) is 4.76. The highest BCUT2D eigenvalue weighted by Gasteiger charge is 2.15. The summed E-state index contributed by atoms with van der Waals surface area (Å²) >= 11 is 0. The highest BCUT2D eigenvalue weighted by molar-refractivity contribution is 5.87. The number of carboxylic acid groups (broad SMARTS) is 1. The minimum Gasteiger partial charge on any atom is -0.476 e. The van der Waals surface area contributed by atoms with Crippen molar-refractivity contribution < 1.29 is 9.90 Å². The number of rotatable bonds is 4. The van der Waals surface area contributed by atoms with Crippen LogP contribution in [0.3, 0.4) is 0 Å². The van der Waals surface area contributed by atoms with Gasteiger partial charge in [0.15, 0.2) is 5.69 Å². The van der Waals surface area contributed by atoms with Crippen molar-refractivity contribution in [1.82, 2.24) is 9.78 Å². The topological polar surface area (TPSA) is 55.1 Å². The molecule has 0 aliphatic heterocycles. The van der Waals surface area contributed by atoms with Crippen molar-refractivity contribution in [2.24, 2.45) is 0 Å². The molecule has 19 heavy (non-hydrogen) atoms. The molecular formula is C15H18N2O2. The molecule has 2 rings (SSSR count). The molecule has 0 radical (unpaired) electrons. The molecule has 4 heteroatoms. The molecule has 0 aliphatic rings. The summed E-state index contributed by atoms with van der Waals surface area (Å²) in [6, 6.07) is 7.83. The van der Waals surface area contributed by atoms with Crippen LogP contribution in [0, 0.1) is 13.8 Å². The van der Waals surface area contributed by atoms with Crippen LogP contribution in [0.2, 0.25) is 0 Å². The van der Waals surface area contributed by atoms with Crippen LogP contribution >= 0.6 is 0 Å². The Hall–Kier alpha value is -2.10. The minimum absolute atomic E-state index is 0.101. The predicted molar refractivity (Wildman–Crippen MR) is 74.4 cm³/mol. The van der Waals surface area contributed by atoms with Crippen LogP contribution in [-0.4, -0.2) is 20.9 Å². The standard InChI is InChI=1S/C15H18N2O2/c1-4-7-17-14(9-13(16-17)15(18)19)12-8-10(2)5-6-11(12)3/h5-6,8-9H,4,7H2,1-3H3,(H,18,19). The van der Waals surface area contributed by atoms with Gasteiger partial charge in [0, 0.05) is 12.1 Å². The highest BCUT2D eigenvalue weighted by atomic mass is 16.4. The summed E-state index contributed by atoms with van der Waals surface area (Å²) in [7, 11) is 0. The van der Waals surface area contributed by atoms with Crippen LogP contribution in [-0.2, 0) is 6.54 Å². The van der Waals surface area contributed by atoms with Crippen molar-refractivity contribution in [1.29, 1.82) is 0 Å². The second-order valence-electron chi connectivity index (χ2n) is 4.76. The van der Waals surface area contributed by atoms with E-state index in [2.05, 4.69) is 24.2 Å². The van der Waals surface area contributed by atoms with E-state index in [1.54, 1.807) is 10.7 Å². The first-order valence-electron chi connectivity index (χ1n) is 6.41. The minimum atomic E-state index is -0.985. The van der Waals surface area contributed by atoms with Crippen LogP contribution in [0.15, 0.2) is 24.3 Å². The van der Waals surface area contributed by atoms with Gasteiger partial charge in [-0.1, -0.05) is 24.6 Å². The molecule has 0 fully saturated rings. The number of benzene rings is 1. The van der Waals surface area contributed by atoms with E-state index in [1.165, 1.54) is 0 Å². The lowest BCUT2D eigenvalue weighted by molar-refractivity contribution is 0.0689. The lowest BCUT2D eigenvalue weighted by Gasteiger charge is -2.09. The Bertz CT molecular complexity index is 615. The summed E-state index contributed by atoms with van der Waals surface area (Å²) < 4.78 is 1.78. The van der Waals surface area contributed by atoms with Gasteiger partial charge in [-0.15, -0.1) is 0 Å². The Kier molecular flexibility index (Phi) is 3.69. The molecule has 100 valence electrons. The molecule has 0 bridgehead atoms. The lowest BCUT2D eigenvalue weighted by Crippen LogP contribution is -2.04. The van der Waals surface area contributed by atoms with Gasteiger partial charge in [-0.05, 0) is 38.0 Å². The molecule has 4 nitrogen and oxygen atoms in total. The average molecular weight is 258 g/mol. The van der Waals surface area contributed by atoms with Crippen molar-refractivity contribution in [3.05, 3.63) is 41.1 Å². The van der Waals surface area contributed by atoms with Crippen molar-refractivity contribution >= 4 is 5.97 Å². The number of nitrogens with zero attached hydrogens (tertiary/aromatic N) is 2. The third-order valence-corrected chi connectivity index (χ3v) is 3.10. The van der Waals surface area contributed by atoms with Crippen molar-refractivity contribution in [3.63, 3.8) is 0 Å². The summed E-state index contributed by atoms with van der Waals surface area (Å²) in [5, 5.41) is 13.2. The number of carbonyl (C=O) groups is 1. The summed E-state index contributed by atoms with van der Waals surface area (Å²) in [6.45, 7) is 6.82. The van der Waals surface area contributed by atoms with Gasteiger partial charge in [-0.25, -0.2) is 4.79 Å². The summed E-state index contributed by atoms with van der Waals surface area (Å²) in [5.41, 5.74) is 4.31. The first-order valence-corrected chi connectivity index (χ1v) is 6.41. The molecule has 0 saturated heterocycles. The molecule has 1 aromatic heterocycles. The molecule has 0 saturated carbocycles. The van der Waals surface area contributed by atoms with E-state index in [0.29, 0.717) is 0 Å². The third-order valence-electron chi connectivity index (χ3n) is 3.10. The Morgan fingerprint density at radius 3 is 2.68 bits per heavy atom. The highest BCUT2D eigenvalue weighted by Crippen LogP contribution is 2.25. The zero-order chi connectivity index (χ0) is 14.0. The maximum Gasteiger partial charge on any atom is 0.356 e. The van der Waals surface area contributed by atoms with Gasteiger partial charge >= 0.3 is 5.97 Å². The molecule has 0 atom stereocenters. The van der Waals surface area contributed by atoms with Gasteiger partial charge in [-0.3, -0.25) is 4.68 Å². The Morgan fingerprint density at radius 2 is 2.05 bits per heavy atom. The second kappa shape index (κ2) is 5.26. The maximum absolute atomic E-state index is 11.1. The molecule has 0 spiro atoms. The van der Waals surface area contributed by atoms with Gasteiger partial charge < -0.3 is 5.11 Å². The SMILES string of the molecule is CCCn1nc(C(=O)O)cc1-c1cc(C)ccc1C. The van der Waals surface area contributed by atoms with Gasteiger partial charge in [0.2, 0.25) is 0 Å². The fraction of sp³-hybridized carbons (Fsp3) is 0.333. The maximum atomic E-state index is 11.1. The summed E-state index contributed by atoms with van der Waals surface area (Å²) in [6.07, 6.45) is 0.915. The van der Waals surface area contributed by atoms with Gasteiger partial charge in [0.05, 0.1) is 5.69 Å². The van der Waals surface area contributed by atoms with Gasteiger partial charge in [0.25, 0.3) is 0 Å². The van der Waals surface area contributed by atoms with E-state index in [0.717, 1.165) is 35.3 Å². The van der Waals surface area contributed by atoms with Crippen LogP contribution in [0.25, 0.3) is 11.3 Å². The average Bonchev–Trinajstić information content (AvgIpc) is 2.77. The van der Waals surface area contributed by atoms with Crippen molar-refractivity contribution in [3.8, 4) is 11.3 Å². The largest absolute Gasteiger partial charge is 0.476 e. The van der Waals surface area contributed by atoms with E-state index in [4.69, 9.17) is 5.11 Å². The van der Waals surface area contributed by atoms with Gasteiger partial charge in [-0.2, -0.15) is 5.10 Å². The normalized spacial score (nSPS) is 10.7. The molecule has 0 aliphatic carbocycles. The molecule has 0 amide bonds.